The van der Waals surface area contributed by atoms with Gasteiger partial charge in [0.15, 0.2) is 0 Å². The van der Waals surface area contributed by atoms with E-state index in [1.54, 1.807) is 0 Å². The van der Waals surface area contributed by atoms with Crippen molar-refractivity contribution in [3.63, 3.8) is 0 Å². The molecule has 2 aromatic heterocycles. The summed E-state index contributed by atoms with van der Waals surface area (Å²) in [5.41, 5.74) is 4.67. The number of nitrogens with zero attached hydrogens (tertiary/aromatic N) is 1. The third-order valence-corrected chi connectivity index (χ3v) is 2.05. The second-order valence-corrected chi connectivity index (χ2v) is 2.77. The van der Waals surface area contributed by atoms with Crippen LogP contribution < -0.4 is 0 Å². The van der Waals surface area contributed by atoms with Crippen molar-refractivity contribution in [2.45, 2.75) is 13.8 Å². The minimum Gasteiger partial charge on any atom is -0.357 e. The first kappa shape index (κ1) is 9.07. The fourth-order valence-corrected chi connectivity index (χ4v) is 1.28. The first-order chi connectivity index (χ1) is 5.29. The van der Waals surface area contributed by atoms with Gasteiger partial charge >= 0.3 is 0 Å². The van der Waals surface area contributed by atoms with Gasteiger partial charge in [-0.3, -0.25) is 4.98 Å². The number of hydrogen-bond acceptors (Lipinski definition) is 1. The van der Waals surface area contributed by atoms with Gasteiger partial charge in [-0.2, -0.15) is 0 Å². The van der Waals surface area contributed by atoms with E-state index < -0.39 is 0 Å². The van der Waals surface area contributed by atoms with Crippen molar-refractivity contribution in [1.82, 2.24) is 9.97 Å². The van der Waals surface area contributed by atoms with Crippen LogP contribution in [0.25, 0.3) is 11.0 Å². The monoisotopic (exact) mass is 182 g/mol. The summed E-state index contributed by atoms with van der Waals surface area (Å²) in [6.45, 7) is 4.15. The number of hydrogen-bond donors (Lipinski definition) is 1. The molecule has 1 N–H and O–H groups in total. The molecule has 2 heterocycles. The number of H-pyrrole nitrogens is 1. The molecule has 2 aromatic rings. The summed E-state index contributed by atoms with van der Waals surface area (Å²) >= 11 is 0. The maximum absolute atomic E-state index is 4.27. The van der Waals surface area contributed by atoms with Crippen molar-refractivity contribution in [1.29, 1.82) is 0 Å². The maximum atomic E-state index is 4.27. The third kappa shape index (κ3) is 1.18. The molecule has 0 aliphatic carbocycles. The smallest absolute Gasteiger partial charge is 0.0910 e. The predicted octanol–water partition coefficient (Wildman–Crippen LogP) is 2.60. The lowest BCUT2D eigenvalue weighted by Gasteiger charge is -1.87. The zero-order chi connectivity index (χ0) is 7.84. The molecule has 0 aromatic carbocycles. The Morgan fingerprint density at radius 1 is 1.33 bits per heavy atom. The van der Waals surface area contributed by atoms with Gasteiger partial charge in [0.05, 0.1) is 11.0 Å². The van der Waals surface area contributed by atoms with Crippen molar-refractivity contribution in [2.24, 2.45) is 0 Å². The molecule has 64 valence electrons. The second-order valence-electron chi connectivity index (χ2n) is 2.77. The van der Waals surface area contributed by atoms with Gasteiger partial charge in [-0.05, 0) is 31.5 Å². The van der Waals surface area contributed by atoms with Crippen LogP contribution in [0.1, 0.15) is 11.3 Å². The Morgan fingerprint density at radius 2 is 2.08 bits per heavy atom. The highest BCUT2D eigenvalue weighted by Gasteiger charge is 2.02. The summed E-state index contributed by atoms with van der Waals surface area (Å²) in [4.78, 5) is 7.53. The Balaban J connectivity index is 0.000000720. The highest BCUT2D eigenvalue weighted by atomic mass is 35.5. The first-order valence-electron chi connectivity index (χ1n) is 3.69. The van der Waals surface area contributed by atoms with Gasteiger partial charge in [-0.25, -0.2) is 0 Å². The molecule has 0 saturated carbocycles. The van der Waals surface area contributed by atoms with Crippen LogP contribution >= 0.6 is 12.4 Å². The zero-order valence-electron chi connectivity index (χ0n) is 7.09. The van der Waals surface area contributed by atoms with Crippen molar-refractivity contribution >= 4 is 23.4 Å². The molecule has 0 spiro atoms. The van der Waals surface area contributed by atoms with Gasteiger partial charge in [0.1, 0.15) is 0 Å². The standard InChI is InChI=1S/C9H10N2.ClH/c1-6-7(2)11-8-4-3-5-10-9(6)8;/h3-5,11H,1-2H3;1H. The van der Waals surface area contributed by atoms with Crippen molar-refractivity contribution in [2.75, 3.05) is 0 Å². The van der Waals surface area contributed by atoms with E-state index in [-0.39, 0.29) is 12.4 Å². The number of aryl methyl sites for hydroxylation is 2. The van der Waals surface area contributed by atoms with Gasteiger partial charge in [-0.15, -0.1) is 12.4 Å². The summed E-state index contributed by atoms with van der Waals surface area (Å²) in [5, 5.41) is 0. The van der Waals surface area contributed by atoms with Gasteiger partial charge in [0.25, 0.3) is 0 Å². The fourth-order valence-electron chi connectivity index (χ4n) is 1.28. The Hall–Kier alpha value is -1.02. The van der Waals surface area contributed by atoms with E-state index >= 15 is 0 Å². The van der Waals surface area contributed by atoms with Gasteiger partial charge in [-0.1, -0.05) is 0 Å². The van der Waals surface area contributed by atoms with E-state index in [0.717, 1.165) is 11.0 Å². The normalized spacial score (nSPS) is 9.83. The van der Waals surface area contributed by atoms with Crippen LogP contribution in [0, 0.1) is 13.8 Å². The van der Waals surface area contributed by atoms with Crippen LogP contribution in [-0.2, 0) is 0 Å². The third-order valence-electron chi connectivity index (χ3n) is 2.05. The Morgan fingerprint density at radius 3 is 2.75 bits per heavy atom. The lowest BCUT2D eigenvalue weighted by atomic mass is 10.2. The van der Waals surface area contributed by atoms with Crippen molar-refractivity contribution in [3.8, 4) is 0 Å². The number of nitrogens with one attached hydrogen (secondary N) is 1. The Kier molecular flexibility index (Phi) is 2.38. The number of pyridine rings is 1. The van der Waals surface area contributed by atoms with E-state index in [2.05, 4.69) is 23.8 Å². The van der Waals surface area contributed by atoms with E-state index in [9.17, 15) is 0 Å². The molecule has 2 rings (SSSR count). The zero-order valence-corrected chi connectivity index (χ0v) is 7.90. The molecule has 0 aliphatic rings. The van der Waals surface area contributed by atoms with Crippen LogP contribution in [0.3, 0.4) is 0 Å². The number of rotatable bonds is 0. The summed E-state index contributed by atoms with van der Waals surface area (Å²) < 4.78 is 0. The predicted molar refractivity (Wildman–Crippen MR) is 52.8 cm³/mol. The van der Waals surface area contributed by atoms with E-state index in [1.165, 1.54) is 11.3 Å². The number of aromatic amines is 1. The molecular weight excluding hydrogens is 172 g/mol. The minimum atomic E-state index is 0. The van der Waals surface area contributed by atoms with E-state index in [4.69, 9.17) is 0 Å². The second kappa shape index (κ2) is 3.15. The molecule has 0 radical (unpaired) electrons. The molecule has 0 fully saturated rings. The SMILES string of the molecule is Cc1[nH]c2cccnc2c1C.Cl. The Bertz CT molecular complexity index is 392. The lowest BCUT2D eigenvalue weighted by molar-refractivity contribution is 1.25. The molecule has 2 nitrogen and oxygen atoms in total. The molecular formula is C9H11ClN2. The van der Waals surface area contributed by atoms with Crippen LogP contribution in [0.2, 0.25) is 0 Å². The molecule has 12 heavy (non-hydrogen) atoms. The number of halogens is 1. The summed E-state index contributed by atoms with van der Waals surface area (Å²) in [6.07, 6.45) is 1.82. The highest BCUT2D eigenvalue weighted by Crippen LogP contribution is 2.17. The highest BCUT2D eigenvalue weighted by molar-refractivity contribution is 5.85. The molecule has 0 aliphatic heterocycles. The van der Waals surface area contributed by atoms with Crippen LogP contribution in [0.4, 0.5) is 0 Å². The summed E-state index contributed by atoms with van der Waals surface area (Å²) in [7, 11) is 0. The molecule has 0 unspecified atom stereocenters. The largest absolute Gasteiger partial charge is 0.357 e. The summed E-state index contributed by atoms with van der Waals surface area (Å²) in [5.74, 6) is 0. The van der Waals surface area contributed by atoms with Gasteiger partial charge in [0.2, 0.25) is 0 Å². The molecule has 0 amide bonds. The number of aromatic nitrogens is 2. The van der Waals surface area contributed by atoms with Crippen LogP contribution in [0.15, 0.2) is 18.3 Å². The minimum absolute atomic E-state index is 0. The van der Waals surface area contributed by atoms with E-state index in [1.807, 2.05) is 18.3 Å². The van der Waals surface area contributed by atoms with Gasteiger partial charge in [0, 0.05) is 11.9 Å². The molecule has 0 bridgehead atoms. The quantitative estimate of drug-likeness (QED) is 0.667. The van der Waals surface area contributed by atoms with Crippen LogP contribution in [0.5, 0.6) is 0 Å². The van der Waals surface area contributed by atoms with Crippen molar-refractivity contribution < 1.29 is 0 Å². The number of fused-ring (bicyclic) bond motifs is 1. The summed E-state index contributed by atoms with van der Waals surface area (Å²) in [6, 6.07) is 3.99. The van der Waals surface area contributed by atoms with Crippen LogP contribution in [-0.4, -0.2) is 9.97 Å². The lowest BCUT2D eigenvalue weighted by Crippen LogP contribution is -1.74. The topological polar surface area (TPSA) is 28.7 Å². The van der Waals surface area contributed by atoms with Gasteiger partial charge < -0.3 is 4.98 Å². The van der Waals surface area contributed by atoms with Crippen molar-refractivity contribution in [3.05, 3.63) is 29.6 Å². The molecule has 3 heteroatoms. The average molecular weight is 183 g/mol. The Labute approximate surface area is 77.4 Å². The average Bonchev–Trinajstić information content (AvgIpc) is 2.30. The van der Waals surface area contributed by atoms with E-state index in [0.29, 0.717) is 0 Å². The molecule has 0 atom stereocenters. The molecule has 0 saturated heterocycles. The maximum Gasteiger partial charge on any atom is 0.0910 e. The fraction of sp³-hybridized carbons (Fsp3) is 0.222. The first-order valence-corrected chi connectivity index (χ1v) is 3.69.